The number of esters is 1. The van der Waals surface area contributed by atoms with E-state index in [-0.39, 0.29) is 5.91 Å². The van der Waals surface area contributed by atoms with Crippen molar-refractivity contribution in [3.8, 4) is 0 Å². The van der Waals surface area contributed by atoms with Crippen LogP contribution in [0.2, 0.25) is 0 Å². The second kappa shape index (κ2) is 8.64. The molecule has 28 heavy (non-hydrogen) atoms. The maximum absolute atomic E-state index is 12.2. The molecule has 1 heterocycles. The summed E-state index contributed by atoms with van der Waals surface area (Å²) in [5.41, 5.74) is -0.184. The predicted molar refractivity (Wildman–Crippen MR) is 99.6 cm³/mol. The third-order valence-electron chi connectivity index (χ3n) is 4.52. The zero-order valence-corrected chi connectivity index (χ0v) is 16.0. The van der Waals surface area contributed by atoms with Crippen molar-refractivity contribution in [1.82, 2.24) is 10.2 Å². The Morgan fingerprint density at radius 3 is 2.32 bits per heavy atom. The fraction of sp³-hybridized carbons (Fsp3) is 0.421. The Kier molecular flexibility index (Phi) is 6.50. The Balaban J connectivity index is 1.87. The summed E-state index contributed by atoms with van der Waals surface area (Å²) >= 11 is 0. The number of nitrogens with zero attached hydrogens (tertiary/aromatic N) is 1. The van der Waals surface area contributed by atoms with Gasteiger partial charge in [0.1, 0.15) is 12.1 Å². The van der Waals surface area contributed by atoms with E-state index in [2.05, 4.69) is 10.6 Å². The van der Waals surface area contributed by atoms with E-state index in [4.69, 9.17) is 4.74 Å². The number of rotatable bonds is 8. The number of hydrogen-bond donors (Lipinski definition) is 2. The van der Waals surface area contributed by atoms with Crippen LogP contribution in [0.1, 0.15) is 44.0 Å². The molecule has 2 N–H and O–H groups in total. The minimum Gasteiger partial charge on any atom is -0.456 e. The number of ether oxygens (including phenoxy) is 1. The number of urea groups is 1. The van der Waals surface area contributed by atoms with Gasteiger partial charge in [-0.1, -0.05) is 13.8 Å². The quantitative estimate of drug-likeness (QED) is 0.395. The van der Waals surface area contributed by atoms with Gasteiger partial charge in [-0.05, 0) is 37.6 Å². The number of amides is 4. The standard InChI is InChI=1S/C19H23N3O6/c1-4-15(24)20-13-8-6-12(7-9-13)14(23)11-28-16(25)10-22-17(26)19(3,5-2)21-18(22)27/h6-9H,4-5,10-11H2,1-3H3,(H,20,24)(H,21,27)/t19-/m1/s1. The van der Waals surface area contributed by atoms with E-state index in [1.165, 1.54) is 12.1 Å². The van der Waals surface area contributed by atoms with E-state index >= 15 is 0 Å². The zero-order valence-electron chi connectivity index (χ0n) is 16.0. The highest BCUT2D eigenvalue weighted by molar-refractivity contribution is 6.08. The molecule has 1 atom stereocenters. The summed E-state index contributed by atoms with van der Waals surface area (Å²) in [6.45, 7) is 3.97. The zero-order chi connectivity index (χ0) is 20.9. The summed E-state index contributed by atoms with van der Waals surface area (Å²) in [5, 5.41) is 5.19. The van der Waals surface area contributed by atoms with Crippen molar-refractivity contribution in [2.45, 2.75) is 39.2 Å². The van der Waals surface area contributed by atoms with Gasteiger partial charge >= 0.3 is 12.0 Å². The molecule has 1 aromatic rings. The number of carbonyl (C=O) groups is 5. The number of imide groups is 1. The first-order chi connectivity index (χ1) is 13.2. The normalized spacial score (nSPS) is 18.6. The van der Waals surface area contributed by atoms with E-state index in [1.54, 1.807) is 32.9 Å². The minimum absolute atomic E-state index is 0.146. The summed E-state index contributed by atoms with van der Waals surface area (Å²) in [5.74, 6) is -1.96. The van der Waals surface area contributed by atoms with Crippen molar-refractivity contribution in [3.63, 3.8) is 0 Å². The SMILES string of the molecule is CCC(=O)Nc1ccc(C(=O)COC(=O)CN2C(=O)N[C@](C)(CC)C2=O)cc1. The summed E-state index contributed by atoms with van der Waals surface area (Å²) in [7, 11) is 0. The lowest BCUT2D eigenvalue weighted by molar-refractivity contribution is -0.146. The van der Waals surface area contributed by atoms with Gasteiger partial charge in [0.2, 0.25) is 5.91 Å². The van der Waals surface area contributed by atoms with Crippen LogP contribution in [-0.4, -0.2) is 53.2 Å². The molecule has 0 spiro atoms. The Bertz CT molecular complexity index is 804. The molecule has 9 nitrogen and oxygen atoms in total. The molecule has 0 radical (unpaired) electrons. The summed E-state index contributed by atoms with van der Waals surface area (Å²) in [4.78, 5) is 60.3. The lowest BCUT2D eigenvalue weighted by Gasteiger charge is -2.18. The number of anilines is 1. The van der Waals surface area contributed by atoms with Crippen LogP contribution >= 0.6 is 0 Å². The molecular formula is C19H23N3O6. The van der Waals surface area contributed by atoms with Crippen LogP contribution in [0.3, 0.4) is 0 Å². The van der Waals surface area contributed by atoms with Crippen molar-refractivity contribution >= 4 is 35.3 Å². The van der Waals surface area contributed by atoms with Gasteiger partial charge in [0.15, 0.2) is 12.4 Å². The maximum Gasteiger partial charge on any atom is 0.326 e. The van der Waals surface area contributed by atoms with Crippen molar-refractivity contribution < 1.29 is 28.7 Å². The van der Waals surface area contributed by atoms with Crippen LogP contribution < -0.4 is 10.6 Å². The van der Waals surface area contributed by atoms with Gasteiger partial charge in [-0.25, -0.2) is 4.79 Å². The first-order valence-corrected chi connectivity index (χ1v) is 8.93. The molecule has 1 fully saturated rings. The second-order valence-corrected chi connectivity index (χ2v) is 6.57. The number of Topliss-reactive ketones (excluding diaryl/α,β-unsaturated/α-hetero) is 1. The van der Waals surface area contributed by atoms with Gasteiger partial charge < -0.3 is 15.4 Å². The minimum atomic E-state index is -1.04. The third kappa shape index (κ3) is 4.73. The molecule has 150 valence electrons. The van der Waals surface area contributed by atoms with Crippen LogP contribution in [0.15, 0.2) is 24.3 Å². The lowest BCUT2D eigenvalue weighted by atomic mass is 9.99. The van der Waals surface area contributed by atoms with Crippen LogP contribution in [0.25, 0.3) is 0 Å². The number of carbonyl (C=O) groups excluding carboxylic acids is 5. The van der Waals surface area contributed by atoms with Gasteiger partial charge in [0.25, 0.3) is 5.91 Å². The lowest BCUT2D eigenvalue weighted by Crippen LogP contribution is -2.43. The fourth-order valence-electron chi connectivity index (χ4n) is 2.52. The van der Waals surface area contributed by atoms with Crippen LogP contribution in [-0.2, 0) is 19.1 Å². The Labute approximate surface area is 162 Å². The van der Waals surface area contributed by atoms with Gasteiger partial charge in [0, 0.05) is 17.7 Å². The molecular weight excluding hydrogens is 366 g/mol. The molecule has 1 aliphatic rings. The first-order valence-electron chi connectivity index (χ1n) is 8.93. The summed E-state index contributed by atoms with van der Waals surface area (Å²) in [6, 6.07) is 5.49. The van der Waals surface area contributed by atoms with Gasteiger partial charge in [-0.3, -0.25) is 24.1 Å². The van der Waals surface area contributed by atoms with Crippen molar-refractivity contribution in [2.24, 2.45) is 0 Å². The number of hydrogen-bond acceptors (Lipinski definition) is 6. The van der Waals surface area contributed by atoms with Crippen LogP contribution in [0, 0.1) is 0 Å². The maximum atomic E-state index is 12.2. The Morgan fingerprint density at radius 1 is 1.14 bits per heavy atom. The van der Waals surface area contributed by atoms with E-state index < -0.39 is 42.4 Å². The highest BCUT2D eigenvalue weighted by Crippen LogP contribution is 2.20. The average molecular weight is 389 g/mol. The largest absolute Gasteiger partial charge is 0.456 e. The monoisotopic (exact) mass is 389 g/mol. The van der Waals surface area contributed by atoms with Gasteiger partial charge in [-0.2, -0.15) is 0 Å². The topological polar surface area (TPSA) is 122 Å². The number of nitrogens with one attached hydrogen (secondary N) is 2. The highest BCUT2D eigenvalue weighted by atomic mass is 16.5. The van der Waals surface area contributed by atoms with E-state index in [9.17, 15) is 24.0 Å². The number of benzene rings is 1. The van der Waals surface area contributed by atoms with Gasteiger partial charge in [-0.15, -0.1) is 0 Å². The summed E-state index contributed by atoms with van der Waals surface area (Å²) in [6.07, 6.45) is 0.724. The fourth-order valence-corrected chi connectivity index (χ4v) is 2.52. The van der Waals surface area contributed by atoms with Crippen LogP contribution in [0.5, 0.6) is 0 Å². The predicted octanol–water partition coefficient (Wildman–Crippen LogP) is 1.48. The van der Waals surface area contributed by atoms with Crippen LogP contribution in [0.4, 0.5) is 10.5 Å². The van der Waals surface area contributed by atoms with E-state index in [0.29, 0.717) is 24.1 Å². The third-order valence-corrected chi connectivity index (χ3v) is 4.52. The van der Waals surface area contributed by atoms with Crippen molar-refractivity contribution in [1.29, 1.82) is 0 Å². The molecule has 4 amide bonds. The van der Waals surface area contributed by atoms with Gasteiger partial charge in [0.05, 0.1) is 0 Å². The first kappa shape index (κ1) is 21.1. The molecule has 0 aliphatic carbocycles. The molecule has 0 unspecified atom stereocenters. The molecule has 0 saturated carbocycles. The van der Waals surface area contributed by atoms with E-state index in [1.807, 2.05) is 0 Å². The van der Waals surface area contributed by atoms with Crippen molar-refractivity contribution in [2.75, 3.05) is 18.5 Å². The van der Waals surface area contributed by atoms with Crippen molar-refractivity contribution in [3.05, 3.63) is 29.8 Å². The molecule has 1 aromatic carbocycles. The molecule has 0 aromatic heterocycles. The molecule has 2 rings (SSSR count). The summed E-state index contributed by atoms with van der Waals surface area (Å²) < 4.78 is 4.90. The number of ketones is 1. The molecule has 9 heteroatoms. The Hall–Kier alpha value is -3.23. The van der Waals surface area contributed by atoms with E-state index in [0.717, 1.165) is 4.90 Å². The Morgan fingerprint density at radius 2 is 1.79 bits per heavy atom. The second-order valence-electron chi connectivity index (χ2n) is 6.57. The molecule has 0 bridgehead atoms. The average Bonchev–Trinajstić information content (AvgIpc) is 2.90. The molecule has 1 aliphatic heterocycles. The highest BCUT2D eigenvalue weighted by Gasteiger charge is 2.47. The molecule has 1 saturated heterocycles. The smallest absolute Gasteiger partial charge is 0.326 e.